The molecular formula is C13H13FN2O2. The van der Waals surface area contributed by atoms with Gasteiger partial charge in [0, 0.05) is 18.3 Å². The predicted molar refractivity (Wildman–Crippen MR) is 66.4 cm³/mol. The van der Waals surface area contributed by atoms with Crippen molar-refractivity contribution >= 4 is 5.69 Å². The Labute approximate surface area is 104 Å². The van der Waals surface area contributed by atoms with Gasteiger partial charge in [0.25, 0.3) is 0 Å². The molecule has 0 bridgehead atoms. The predicted octanol–water partition coefficient (Wildman–Crippen LogP) is 2.91. The fraction of sp³-hybridized carbons (Fsp3) is 0.154. The van der Waals surface area contributed by atoms with Crippen molar-refractivity contribution in [2.75, 3.05) is 12.8 Å². The zero-order valence-electron chi connectivity index (χ0n) is 10.1. The average Bonchev–Trinajstić information content (AvgIpc) is 2.35. The largest absolute Gasteiger partial charge is 0.494 e. The Morgan fingerprint density at radius 2 is 2.00 bits per heavy atom. The summed E-state index contributed by atoms with van der Waals surface area (Å²) in [5.41, 5.74) is 6.63. The van der Waals surface area contributed by atoms with Crippen molar-refractivity contribution in [3.8, 4) is 17.2 Å². The van der Waals surface area contributed by atoms with Crippen molar-refractivity contribution in [3.05, 3.63) is 42.0 Å². The number of benzene rings is 1. The van der Waals surface area contributed by atoms with Crippen LogP contribution in [0, 0.1) is 12.7 Å². The molecule has 0 spiro atoms. The summed E-state index contributed by atoms with van der Waals surface area (Å²) in [6.45, 7) is 1.81. The lowest BCUT2D eigenvalue weighted by molar-refractivity contribution is 0.381. The molecule has 0 aliphatic heterocycles. The number of hydrogen-bond acceptors (Lipinski definition) is 4. The number of rotatable bonds is 3. The average molecular weight is 248 g/mol. The molecule has 0 saturated heterocycles. The molecule has 5 heteroatoms. The molecule has 1 aromatic heterocycles. The number of pyridine rings is 1. The van der Waals surface area contributed by atoms with Gasteiger partial charge in [0.2, 0.25) is 0 Å². The smallest absolute Gasteiger partial charge is 0.167 e. The molecule has 0 amide bonds. The van der Waals surface area contributed by atoms with Crippen LogP contribution in [0.3, 0.4) is 0 Å². The second kappa shape index (κ2) is 4.91. The van der Waals surface area contributed by atoms with E-state index in [-0.39, 0.29) is 11.4 Å². The number of hydrogen-bond donors (Lipinski definition) is 1. The third kappa shape index (κ3) is 2.34. The monoisotopic (exact) mass is 248 g/mol. The number of ether oxygens (including phenoxy) is 2. The minimum absolute atomic E-state index is 0.0840. The van der Waals surface area contributed by atoms with Gasteiger partial charge in [-0.15, -0.1) is 0 Å². The first-order valence-electron chi connectivity index (χ1n) is 5.34. The van der Waals surface area contributed by atoms with Gasteiger partial charge in [-0.3, -0.25) is 4.98 Å². The van der Waals surface area contributed by atoms with E-state index in [1.54, 1.807) is 18.3 Å². The fourth-order valence-electron chi connectivity index (χ4n) is 1.49. The molecule has 4 nitrogen and oxygen atoms in total. The van der Waals surface area contributed by atoms with Crippen molar-refractivity contribution in [2.45, 2.75) is 6.92 Å². The Kier molecular flexibility index (Phi) is 3.32. The van der Waals surface area contributed by atoms with Gasteiger partial charge in [0.15, 0.2) is 17.3 Å². The van der Waals surface area contributed by atoms with Crippen LogP contribution in [-0.4, -0.2) is 12.1 Å². The highest BCUT2D eigenvalue weighted by molar-refractivity contribution is 5.57. The summed E-state index contributed by atoms with van der Waals surface area (Å²) >= 11 is 0. The Morgan fingerprint density at radius 1 is 1.22 bits per heavy atom. The Bertz CT molecular complexity index is 573. The number of aryl methyl sites for hydroxylation is 1. The van der Waals surface area contributed by atoms with Gasteiger partial charge in [-0.1, -0.05) is 0 Å². The van der Waals surface area contributed by atoms with Crippen molar-refractivity contribution in [2.24, 2.45) is 0 Å². The van der Waals surface area contributed by atoms with Crippen LogP contribution in [0.15, 0.2) is 30.5 Å². The summed E-state index contributed by atoms with van der Waals surface area (Å²) in [5, 5.41) is 0. The number of halogens is 1. The summed E-state index contributed by atoms with van der Waals surface area (Å²) < 4.78 is 23.9. The summed E-state index contributed by atoms with van der Waals surface area (Å²) in [6.07, 6.45) is 1.66. The molecule has 0 atom stereocenters. The highest BCUT2D eigenvalue weighted by Crippen LogP contribution is 2.33. The van der Waals surface area contributed by atoms with E-state index in [9.17, 15) is 4.39 Å². The van der Waals surface area contributed by atoms with Crippen LogP contribution in [0.5, 0.6) is 17.2 Å². The minimum atomic E-state index is -0.523. The first-order chi connectivity index (χ1) is 8.61. The molecule has 0 unspecified atom stereocenters. The van der Waals surface area contributed by atoms with E-state index in [4.69, 9.17) is 15.2 Å². The molecule has 0 aliphatic rings. The van der Waals surface area contributed by atoms with E-state index in [1.165, 1.54) is 19.2 Å². The van der Waals surface area contributed by atoms with Gasteiger partial charge in [-0.2, -0.15) is 0 Å². The van der Waals surface area contributed by atoms with E-state index in [0.717, 1.165) is 5.69 Å². The maximum absolute atomic E-state index is 13.4. The Morgan fingerprint density at radius 3 is 2.67 bits per heavy atom. The number of nitrogens with zero attached hydrogens (tertiary/aromatic N) is 1. The highest BCUT2D eigenvalue weighted by Gasteiger charge is 2.11. The molecule has 0 saturated carbocycles. The van der Waals surface area contributed by atoms with Crippen molar-refractivity contribution in [3.63, 3.8) is 0 Å². The molecule has 18 heavy (non-hydrogen) atoms. The fourth-order valence-corrected chi connectivity index (χ4v) is 1.49. The number of anilines is 1. The summed E-state index contributed by atoms with van der Waals surface area (Å²) in [6, 6.07) is 6.09. The maximum Gasteiger partial charge on any atom is 0.167 e. The third-order valence-electron chi connectivity index (χ3n) is 2.46. The SMILES string of the molecule is COc1cc(Oc2cccnc2C)c(N)cc1F. The maximum atomic E-state index is 13.4. The van der Waals surface area contributed by atoms with Gasteiger partial charge >= 0.3 is 0 Å². The van der Waals surface area contributed by atoms with Gasteiger partial charge in [0.05, 0.1) is 18.5 Å². The lowest BCUT2D eigenvalue weighted by atomic mass is 10.2. The van der Waals surface area contributed by atoms with Gasteiger partial charge in [0.1, 0.15) is 5.75 Å². The van der Waals surface area contributed by atoms with Gasteiger partial charge in [-0.25, -0.2) is 4.39 Å². The second-order valence-electron chi connectivity index (χ2n) is 3.71. The molecule has 0 aliphatic carbocycles. The molecule has 0 radical (unpaired) electrons. The summed E-state index contributed by atoms with van der Waals surface area (Å²) in [4.78, 5) is 4.09. The second-order valence-corrected chi connectivity index (χ2v) is 3.71. The Hall–Kier alpha value is -2.30. The van der Waals surface area contributed by atoms with Crippen molar-refractivity contribution in [1.82, 2.24) is 4.98 Å². The summed E-state index contributed by atoms with van der Waals surface area (Å²) in [5.74, 6) is 0.466. The lowest BCUT2D eigenvalue weighted by Gasteiger charge is -2.11. The van der Waals surface area contributed by atoms with Gasteiger partial charge < -0.3 is 15.2 Å². The quantitative estimate of drug-likeness (QED) is 0.848. The number of nitrogen functional groups attached to an aromatic ring is 1. The molecule has 2 N–H and O–H groups in total. The molecular weight excluding hydrogens is 235 g/mol. The van der Waals surface area contributed by atoms with Crippen molar-refractivity contribution < 1.29 is 13.9 Å². The zero-order valence-corrected chi connectivity index (χ0v) is 10.1. The zero-order chi connectivity index (χ0) is 13.1. The molecule has 94 valence electrons. The van der Waals surface area contributed by atoms with E-state index in [0.29, 0.717) is 11.5 Å². The highest BCUT2D eigenvalue weighted by atomic mass is 19.1. The van der Waals surface area contributed by atoms with E-state index < -0.39 is 5.82 Å². The van der Waals surface area contributed by atoms with Crippen LogP contribution in [-0.2, 0) is 0 Å². The van der Waals surface area contributed by atoms with Gasteiger partial charge in [-0.05, 0) is 19.1 Å². The van der Waals surface area contributed by atoms with Crippen LogP contribution in [0.1, 0.15) is 5.69 Å². The van der Waals surface area contributed by atoms with Crippen LogP contribution in [0.25, 0.3) is 0 Å². The normalized spacial score (nSPS) is 10.2. The third-order valence-corrected chi connectivity index (χ3v) is 2.46. The molecule has 2 rings (SSSR count). The molecule has 0 fully saturated rings. The molecule has 1 heterocycles. The van der Waals surface area contributed by atoms with Crippen LogP contribution >= 0.6 is 0 Å². The number of nitrogens with two attached hydrogens (primary N) is 1. The van der Waals surface area contributed by atoms with Crippen LogP contribution in [0.4, 0.5) is 10.1 Å². The lowest BCUT2D eigenvalue weighted by Crippen LogP contribution is -1.97. The number of methoxy groups -OCH3 is 1. The van der Waals surface area contributed by atoms with E-state index in [2.05, 4.69) is 4.98 Å². The Balaban J connectivity index is 2.38. The standard InChI is InChI=1S/C13H13FN2O2/c1-8-11(4-3-5-16-8)18-13-7-12(17-2)9(14)6-10(13)15/h3-7H,15H2,1-2H3. The molecule has 1 aromatic carbocycles. The first-order valence-corrected chi connectivity index (χ1v) is 5.34. The summed E-state index contributed by atoms with van der Waals surface area (Å²) in [7, 11) is 1.38. The first kappa shape index (κ1) is 12.2. The molecule has 2 aromatic rings. The number of aromatic nitrogens is 1. The van der Waals surface area contributed by atoms with Crippen molar-refractivity contribution in [1.29, 1.82) is 0 Å². The minimum Gasteiger partial charge on any atom is -0.494 e. The topological polar surface area (TPSA) is 57.4 Å². The van der Waals surface area contributed by atoms with E-state index >= 15 is 0 Å². The van der Waals surface area contributed by atoms with E-state index in [1.807, 2.05) is 6.92 Å². The van der Waals surface area contributed by atoms with Crippen LogP contribution in [0.2, 0.25) is 0 Å². The van der Waals surface area contributed by atoms with Crippen LogP contribution < -0.4 is 15.2 Å².